The van der Waals surface area contributed by atoms with Crippen molar-refractivity contribution in [3.63, 3.8) is 0 Å². The molecule has 1 unspecified atom stereocenters. The van der Waals surface area contributed by atoms with Crippen molar-refractivity contribution in [3.05, 3.63) is 18.4 Å². The molecule has 6 nitrogen and oxygen atoms in total. The SMILES string of the molecule is CCCNC(=O)C(C)Sc1nnc(-c2ccco2)n1CC(C)C. The molecule has 7 heteroatoms. The van der Waals surface area contributed by atoms with Crippen molar-refractivity contribution in [2.75, 3.05) is 6.54 Å². The van der Waals surface area contributed by atoms with Gasteiger partial charge in [-0.2, -0.15) is 0 Å². The van der Waals surface area contributed by atoms with Crippen LogP contribution in [0.25, 0.3) is 11.6 Å². The molecular weight excluding hydrogens is 312 g/mol. The summed E-state index contributed by atoms with van der Waals surface area (Å²) in [6.45, 7) is 9.66. The first-order chi connectivity index (χ1) is 11.0. The highest BCUT2D eigenvalue weighted by Gasteiger charge is 2.21. The van der Waals surface area contributed by atoms with Crippen molar-refractivity contribution in [3.8, 4) is 11.6 Å². The quantitative estimate of drug-likeness (QED) is 0.749. The zero-order valence-electron chi connectivity index (χ0n) is 14.1. The lowest BCUT2D eigenvalue weighted by Gasteiger charge is -2.14. The molecule has 2 aromatic heterocycles. The minimum Gasteiger partial charge on any atom is -0.461 e. The van der Waals surface area contributed by atoms with E-state index in [1.165, 1.54) is 11.8 Å². The summed E-state index contributed by atoms with van der Waals surface area (Å²) in [5.74, 6) is 1.85. The van der Waals surface area contributed by atoms with E-state index < -0.39 is 0 Å². The lowest BCUT2D eigenvalue weighted by atomic mass is 10.2. The normalized spacial score (nSPS) is 12.6. The third-order valence-corrected chi connectivity index (χ3v) is 4.29. The van der Waals surface area contributed by atoms with Crippen molar-refractivity contribution in [1.82, 2.24) is 20.1 Å². The fourth-order valence-electron chi connectivity index (χ4n) is 2.10. The van der Waals surface area contributed by atoms with Crippen LogP contribution < -0.4 is 5.32 Å². The Morgan fingerprint density at radius 2 is 2.17 bits per heavy atom. The number of nitrogens with one attached hydrogen (secondary N) is 1. The van der Waals surface area contributed by atoms with Crippen LogP contribution in [0.1, 0.15) is 34.1 Å². The van der Waals surface area contributed by atoms with E-state index in [2.05, 4.69) is 29.4 Å². The molecule has 0 saturated heterocycles. The third kappa shape index (κ3) is 4.60. The predicted molar refractivity (Wildman–Crippen MR) is 91.2 cm³/mol. The molecular formula is C16H24N4O2S. The van der Waals surface area contributed by atoms with Crippen LogP contribution >= 0.6 is 11.8 Å². The topological polar surface area (TPSA) is 73.0 Å². The van der Waals surface area contributed by atoms with Crippen LogP contribution in [0.5, 0.6) is 0 Å². The largest absolute Gasteiger partial charge is 0.461 e. The number of aromatic nitrogens is 3. The van der Waals surface area contributed by atoms with Crippen molar-refractivity contribution in [1.29, 1.82) is 0 Å². The number of carbonyl (C=O) groups is 1. The highest BCUT2D eigenvalue weighted by molar-refractivity contribution is 8.00. The summed E-state index contributed by atoms with van der Waals surface area (Å²) in [5, 5.41) is 11.9. The van der Waals surface area contributed by atoms with E-state index in [0.29, 0.717) is 24.0 Å². The molecule has 0 radical (unpaired) electrons. The molecule has 0 aromatic carbocycles. The molecule has 1 N–H and O–H groups in total. The maximum atomic E-state index is 12.1. The summed E-state index contributed by atoms with van der Waals surface area (Å²) in [7, 11) is 0. The van der Waals surface area contributed by atoms with E-state index in [0.717, 1.165) is 18.1 Å². The zero-order chi connectivity index (χ0) is 16.8. The van der Waals surface area contributed by atoms with Gasteiger partial charge in [-0.05, 0) is 31.4 Å². The molecule has 2 rings (SSSR count). The Bertz CT molecular complexity index is 622. The number of carbonyl (C=O) groups excluding carboxylic acids is 1. The summed E-state index contributed by atoms with van der Waals surface area (Å²) >= 11 is 1.42. The van der Waals surface area contributed by atoms with Gasteiger partial charge in [-0.1, -0.05) is 32.5 Å². The first kappa shape index (κ1) is 17.6. The van der Waals surface area contributed by atoms with E-state index in [1.807, 2.05) is 30.5 Å². The Morgan fingerprint density at radius 3 is 2.78 bits per heavy atom. The van der Waals surface area contributed by atoms with Gasteiger partial charge in [0.25, 0.3) is 0 Å². The number of furan rings is 1. The Balaban J connectivity index is 2.19. The number of amides is 1. The van der Waals surface area contributed by atoms with Crippen LogP contribution in [0, 0.1) is 5.92 Å². The highest BCUT2D eigenvalue weighted by atomic mass is 32.2. The monoisotopic (exact) mass is 336 g/mol. The van der Waals surface area contributed by atoms with Crippen molar-refractivity contribution in [2.45, 2.75) is 51.1 Å². The van der Waals surface area contributed by atoms with Gasteiger partial charge in [0.1, 0.15) is 0 Å². The second kappa shape index (κ2) is 8.19. The second-order valence-corrected chi connectivity index (χ2v) is 7.15. The molecule has 0 spiro atoms. The minimum atomic E-state index is -0.221. The molecule has 2 aromatic rings. The van der Waals surface area contributed by atoms with Gasteiger partial charge in [-0.25, -0.2) is 0 Å². The predicted octanol–water partition coefficient (Wildman–Crippen LogP) is 3.20. The molecule has 0 fully saturated rings. The van der Waals surface area contributed by atoms with Gasteiger partial charge in [-0.3, -0.25) is 9.36 Å². The van der Waals surface area contributed by atoms with Gasteiger partial charge in [0.15, 0.2) is 16.7 Å². The van der Waals surface area contributed by atoms with Crippen LogP contribution in [0.4, 0.5) is 0 Å². The molecule has 0 bridgehead atoms. The highest BCUT2D eigenvalue weighted by Crippen LogP contribution is 2.28. The van der Waals surface area contributed by atoms with Crippen LogP contribution in [-0.4, -0.2) is 32.5 Å². The Kier molecular flexibility index (Phi) is 6.27. The second-order valence-electron chi connectivity index (χ2n) is 5.84. The number of rotatable bonds is 8. The average Bonchev–Trinajstić information content (AvgIpc) is 3.14. The molecule has 0 aliphatic carbocycles. The minimum absolute atomic E-state index is 0.0236. The number of hydrogen-bond acceptors (Lipinski definition) is 5. The summed E-state index contributed by atoms with van der Waals surface area (Å²) in [6.07, 6.45) is 2.55. The summed E-state index contributed by atoms with van der Waals surface area (Å²) < 4.78 is 7.47. The molecule has 0 aliphatic rings. The van der Waals surface area contributed by atoms with Gasteiger partial charge in [0.2, 0.25) is 5.91 Å². The summed E-state index contributed by atoms with van der Waals surface area (Å²) in [6, 6.07) is 3.70. The third-order valence-electron chi connectivity index (χ3n) is 3.21. The fraction of sp³-hybridized carbons (Fsp3) is 0.562. The molecule has 1 amide bonds. The lowest BCUT2D eigenvalue weighted by Crippen LogP contribution is -2.31. The van der Waals surface area contributed by atoms with Gasteiger partial charge < -0.3 is 9.73 Å². The van der Waals surface area contributed by atoms with Gasteiger partial charge in [0, 0.05) is 13.1 Å². The number of thioether (sulfide) groups is 1. The van der Waals surface area contributed by atoms with E-state index in [4.69, 9.17) is 4.42 Å². The number of nitrogens with zero attached hydrogens (tertiary/aromatic N) is 3. The van der Waals surface area contributed by atoms with Gasteiger partial charge >= 0.3 is 0 Å². The van der Waals surface area contributed by atoms with Crippen LogP contribution in [0.3, 0.4) is 0 Å². The summed E-state index contributed by atoms with van der Waals surface area (Å²) in [4.78, 5) is 12.1. The average molecular weight is 336 g/mol. The first-order valence-corrected chi connectivity index (χ1v) is 8.82. The Morgan fingerprint density at radius 1 is 1.39 bits per heavy atom. The van der Waals surface area contributed by atoms with Crippen molar-refractivity contribution in [2.24, 2.45) is 5.92 Å². The summed E-state index contributed by atoms with van der Waals surface area (Å²) in [5.41, 5.74) is 0. The maximum absolute atomic E-state index is 12.1. The molecule has 0 aliphatic heterocycles. The lowest BCUT2D eigenvalue weighted by molar-refractivity contribution is -0.120. The van der Waals surface area contributed by atoms with Crippen molar-refractivity contribution < 1.29 is 9.21 Å². The van der Waals surface area contributed by atoms with E-state index in [9.17, 15) is 4.79 Å². The Labute approximate surface area is 141 Å². The molecule has 2 heterocycles. The van der Waals surface area contributed by atoms with E-state index in [-0.39, 0.29) is 11.2 Å². The standard InChI is InChI=1S/C16H24N4O2S/c1-5-8-17-15(21)12(4)23-16-19-18-14(13-7-6-9-22-13)20(16)10-11(2)3/h6-7,9,11-12H,5,8,10H2,1-4H3,(H,17,21). The smallest absolute Gasteiger partial charge is 0.233 e. The van der Waals surface area contributed by atoms with Gasteiger partial charge in [0.05, 0.1) is 11.5 Å². The van der Waals surface area contributed by atoms with Gasteiger partial charge in [-0.15, -0.1) is 10.2 Å². The molecule has 126 valence electrons. The zero-order valence-corrected chi connectivity index (χ0v) is 14.9. The van der Waals surface area contributed by atoms with Crippen LogP contribution in [0.15, 0.2) is 28.0 Å². The molecule has 0 saturated carbocycles. The fourth-order valence-corrected chi connectivity index (χ4v) is 2.98. The Hall–Kier alpha value is -1.76. The molecule has 1 atom stereocenters. The van der Waals surface area contributed by atoms with Crippen LogP contribution in [0.2, 0.25) is 0 Å². The van der Waals surface area contributed by atoms with Crippen LogP contribution in [-0.2, 0) is 11.3 Å². The maximum Gasteiger partial charge on any atom is 0.233 e. The number of hydrogen-bond donors (Lipinski definition) is 1. The molecule has 23 heavy (non-hydrogen) atoms. The first-order valence-electron chi connectivity index (χ1n) is 7.94. The van der Waals surface area contributed by atoms with Crippen molar-refractivity contribution >= 4 is 17.7 Å². The van der Waals surface area contributed by atoms with E-state index in [1.54, 1.807) is 6.26 Å². The van der Waals surface area contributed by atoms with E-state index >= 15 is 0 Å².